The fourth-order valence-corrected chi connectivity index (χ4v) is 3.26. The van der Waals surface area contributed by atoms with E-state index < -0.39 is 11.8 Å². The Balaban J connectivity index is 2.08. The third-order valence-electron chi connectivity index (χ3n) is 3.77. The van der Waals surface area contributed by atoms with Crippen LogP contribution in [0.1, 0.15) is 12.5 Å². The maximum Gasteiger partial charge on any atom is 0.270 e. The summed E-state index contributed by atoms with van der Waals surface area (Å²) in [4.78, 5) is 26.6. The molecular weight excluding hydrogens is 407 g/mol. The predicted molar refractivity (Wildman–Crippen MR) is 110 cm³/mol. The quantitative estimate of drug-likeness (QED) is 0.456. The summed E-state index contributed by atoms with van der Waals surface area (Å²) >= 11 is 17.4. The van der Waals surface area contributed by atoms with E-state index in [0.29, 0.717) is 33.7 Å². The standard InChI is InChI=1S/C19H14Cl2N2O3S/c1-2-26-16-8-7-12(20)9-11(16)10-13-17(24)22-19(27)23(18(13)25)15-6-4-3-5-14(15)21/h3-10H,2H2,1H3,(H,22,24,27)/b13-10-. The lowest BCUT2D eigenvalue weighted by Crippen LogP contribution is -2.54. The molecule has 27 heavy (non-hydrogen) atoms. The second-order valence-corrected chi connectivity index (χ2v) is 6.75. The van der Waals surface area contributed by atoms with Gasteiger partial charge in [0, 0.05) is 10.6 Å². The molecule has 0 saturated carbocycles. The summed E-state index contributed by atoms with van der Waals surface area (Å²) in [5, 5.41) is 3.27. The van der Waals surface area contributed by atoms with Crippen LogP contribution in [0.25, 0.3) is 6.08 Å². The number of nitrogens with zero attached hydrogens (tertiary/aromatic N) is 1. The number of carbonyl (C=O) groups is 2. The SMILES string of the molecule is CCOc1ccc(Cl)cc1/C=C1/C(=O)NC(=S)N(c2ccccc2Cl)C1=O. The first-order chi connectivity index (χ1) is 12.9. The number of para-hydroxylation sites is 1. The fraction of sp³-hybridized carbons (Fsp3) is 0.105. The number of rotatable bonds is 4. The Hall–Kier alpha value is -2.41. The van der Waals surface area contributed by atoms with Gasteiger partial charge in [0.1, 0.15) is 11.3 Å². The maximum absolute atomic E-state index is 13.0. The normalized spacial score (nSPS) is 15.9. The molecule has 0 radical (unpaired) electrons. The molecule has 0 aromatic heterocycles. The number of anilines is 1. The smallest absolute Gasteiger partial charge is 0.270 e. The van der Waals surface area contributed by atoms with Gasteiger partial charge in [-0.25, -0.2) is 0 Å². The molecule has 1 heterocycles. The molecule has 5 nitrogen and oxygen atoms in total. The summed E-state index contributed by atoms with van der Waals surface area (Å²) in [6, 6.07) is 11.7. The van der Waals surface area contributed by atoms with E-state index >= 15 is 0 Å². The van der Waals surface area contributed by atoms with Gasteiger partial charge in [-0.3, -0.25) is 19.8 Å². The van der Waals surface area contributed by atoms with Crippen molar-refractivity contribution in [3.8, 4) is 5.75 Å². The van der Waals surface area contributed by atoms with Gasteiger partial charge in [0.25, 0.3) is 11.8 Å². The Morgan fingerprint density at radius 2 is 1.93 bits per heavy atom. The van der Waals surface area contributed by atoms with Gasteiger partial charge in [-0.2, -0.15) is 0 Å². The molecule has 3 rings (SSSR count). The molecule has 8 heteroatoms. The van der Waals surface area contributed by atoms with Crippen molar-refractivity contribution in [1.29, 1.82) is 0 Å². The molecule has 1 aliphatic rings. The van der Waals surface area contributed by atoms with E-state index in [2.05, 4.69) is 5.32 Å². The van der Waals surface area contributed by atoms with Gasteiger partial charge in [-0.1, -0.05) is 35.3 Å². The molecule has 0 unspecified atom stereocenters. The molecule has 1 N–H and O–H groups in total. The zero-order chi connectivity index (χ0) is 19.6. The number of hydrogen-bond donors (Lipinski definition) is 1. The summed E-state index contributed by atoms with van der Waals surface area (Å²) in [6.45, 7) is 2.26. The highest BCUT2D eigenvalue weighted by atomic mass is 35.5. The lowest BCUT2D eigenvalue weighted by atomic mass is 10.1. The number of nitrogens with one attached hydrogen (secondary N) is 1. The van der Waals surface area contributed by atoms with E-state index in [0.717, 1.165) is 0 Å². The number of benzene rings is 2. The van der Waals surface area contributed by atoms with Crippen LogP contribution in [-0.4, -0.2) is 23.5 Å². The molecule has 0 atom stereocenters. The van der Waals surface area contributed by atoms with Crippen molar-refractivity contribution in [3.05, 3.63) is 63.6 Å². The van der Waals surface area contributed by atoms with E-state index in [1.54, 1.807) is 42.5 Å². The van der Waals surface area contributed by atoms with E-state index in [1.807, 2.05) is 6.92 Å². The van der Waals surface area contributed by atoms with Crippen LogP contribution in [0, 0.1) is 0 Å². The third kappa shape index (κ3) is 3.98. The van der Waals surface area contributed by atoms with Crippen LogP contribution < -0.4 is 15.0 Å². The molecule has 1 aliphatic heterocycles. The highest BCUT2D eigenvalue weighted by Gasteiger charge is 2.35. The summed E-state index contributed by atoms with van der Waals surface area (Å²) in [6.07, 6.45) is 1.43. The van der Waals surface area contributed by atoms with Crippen molar-refractivity contribution in [2.75, 3.05) is 11.5 Å². The number of halogens is 2. The number of hydrogen-bond acceptors (Lipinski definition) is 4. The molecule has 2 amide bonds. The lowest BCUT2D eigenvalue weighted by molar-refractivity contribution is -0.122. The van der Waals surface area contributed by atoms with Crippen LogP contribution in [0.3, 0.4) is 0 Å². The molecule has 2 aromatic rings. The van der Waals surface area contributed by atoms with E-state index in [1.165, 1.54) is 11.0 Å². The van der Waals surface area contributed by atoms with Crippen LogP contribution in [0.4, 0.5) is 5.69 Å². The van der Waals surface area contributed by atoms with Crippen molar-refractivity contribution in [3.63, 3.8) is 0 Å². The first kappa shape index (κ1) is 19.4. The maximum atomic E-state index is 13.0. The van der Waals surface area contributed by atoms with Gasteiger partial charge in [-0.05, 0) is 55.5 Å². The Labute approximate surface area is 171 Å². The summed E-state index contributed by atoms with van der Waals surface area (Å²) < 4.78 is 5.55. The molecule has 0 aliphatic carbocycles. The van der Waals surface area contributed by atoms with Crippen LogP contribution in [-0.2, 0) is 9.59 Å². The molecule has 1 fully saturated rings. The lowest BCUT2D eigenvalue weighted by Gasteiger charge is -2.29. The highest BCUT2D eigenvalue weighted by molar-refractivity contribution is 7.80. The Morgan fingerprint density at radius 3 is 2.63 bits per heavy atom. The number of thiocarbonyl (C=S) groups is 1. The number of carbonyl (C=O) groups excluding carboxylic acids is 2. The Bertz CT molecular complexity index is 975. The molecular formula is C19H14Cl2N2O3S. The van der Waals surface area contributed by atoms with Crippen molar-refractivity contribution < 1.29 is 14.3 Å². The molecule has 0 spiro atoms. The van der Waals surface area contributed by atoms with E-state index in [4.69, 9.17) is 40.2 Å². The number of ether oxygens (including phenoxy) is 1. The minimum Gasteiger partial charge on any atom is -0.493 e. The minimum atomic E-state index is -0.601. The molecule has 0 bridgehead atoms. The summed E-state index contributed by atoms with van der Waals surface area (Å²) in [5.74, 6) is -0.678. The third-order valence-corrected chi connectivity index (χ3v) is 4.61. The van der Waals surface area contributed by atoms with Crippen molar-refractivity contribution in [1.82, 2.24) is 5.32 Å². The van der Waals surface area contributed by atoms with Crippen molar-refractivity contribution in [2.45, 2.75) is 6.92 Å². The zero-order valence-corrected chi connectivity index (χ0v) is 16.5. The van der Waals surface area contributed by atoms with Crippen LogP contribution in [0.5, 0.6) is 5.75 Å². The summed E-state index contributed by atoms with van der Waals surface area (Å²) in [5.41, 5.74) is 0.790. The average Bonchev–Trinajstić information content (AvgIpc) is 2.62. The van der Waals surface area contributed by atoms with Gasteiger partial charge in [-0.15, -0.1) is 0 Å². The molecule has 138 valence electrons. The minimum absolute atomic E-state index is 0.0358. The molecule has 1 saturated heterocycles. The van der Waals surface area contributed by atoms with Crippen LogP contribution in [0.2, 0.25) is 10.0 Å². The summed E-state index contributed by atoms with van der Waals surface area (Å²) in [7, 11) is 0. The Kier molecular flexibility index (Phi) is 5.79. The fourth-order valence-electron chi connectivity index (χ4n) is 2.58. The second kappa shape index (κ2) is 8.08. The largest absolute Gasteiger partial charge is 0.493 e. The highest BCUT2D eigenvalue weighted by Crippen LogP contribution is 2.30. The Morgan fingerprint density at radius 1 is 1.19 bits per heavy atom. The number of amides is 2. The van der Waals surface area contributed by atoms with Gasteiger partial charge >= 0.3 is 0 Å². The second-order valence-electron chi connectivity index (χ2n) is 5.52. The molecule has 2 aromatic carbocycles. The van der Waals surface area contributed by atoms with Gasteiger partial charge in [0.15, 0.2) is 5.11 Å². The first-order valence-electron chi connectivity index (χ1n) is 8.00. The zero-order valence-electron chi connectivity index (χ0n) is 14.2. The average molecular weight is 421 g/mol. The first-order valence-corrected chi connectivity index (χ1v) is 9.17. The van der Waals surface area contributed by atoms with Crippen LogP contribution >= 0.6 is 35.4 Å². The van der Waals surface area contributed by atoms with Crippen LogP contribution in [0.15, 0.2) is 48.0 Å². The predicted octanol–water partition coefficient (Wildman–Crippen LogP) is 4.22. The van der Waals surface area contributed by atoms with Gasteiger partial charge < -0.3 is 4.74 Å². The van der Waals surface area contributed by atoms with Crippen molar-refractivity contribution >= 4 is 64.1 Å². The van der Waals surface area contributed by atoms with Gasteiger partial charge in [0.05, 0.1) is 17.3 Å². The van der Waals surface area contributed by atoms with E-state index in [-0.39, 0.29) is 10.7 Å². The monoisotopic (exact) mass is 420 g/mol. The van der Waals surface area contributed by atoms with E-state index in [9.17, 15) is 9.59 Å². The topological polar surface area (TPSA) is 58.6 Å². The van der Waals surface area contributed by atoms with Crippen molar-refractivity contribution in [2.24, 2.45) is 0 Å². The van der Waals surface area contributed by atoms with Gasteiger partial charge in [0.2, 0.25) is 0 Å².